The van der Waals surface area contributed by atoms with Crippen molar-refractivity contribution in [2.24, 2.45) is 17.6 Å². The average Bonchev–Trinajstić information content (AvgIpc) is 2.93. The van der Waals surface area contributed by atoms with Crippen molar-refractivity contribution in [3.05, 3.63) is 29.6 Å². The van der Waals surface area contributed by atoms with Crippen molar-refractivity contribution in [3.8, 4) is 0 Å². The van der Waals surface area contributed by atoms with Crippen LogP contribution in [0, 0.1) is 17.7 Å². The molecule has 0 aliphatic carbocycles. The number of primary amides is 1. The molecular weight excluding hydrogens is 245 g/mol. The quantitative estimate of drug-likeness (QED) is 0.836. The minimum atomic E-state index is -0.572. The molecule has 2 fully saturated rings. The van der Waals surface area contributed by atoms with Crippen LogP contribution in [0.15, 0.2) is 18.2 Å². The van der Waals surface area contributed by atoms with Gasteiger partial charge < -0.3 is 16.0 Å². The molecule has 5 heteroatoms. The predicted octanol–water partition coefficient (Wildman–Crippen LogP) is 0.969. The smallest absolute Gasteiger partial charge is 0.250 e. The molecule has 1 amide bonds. The van der Waals surface area contributed by atoms with Crippen LogP contribution in [-0.4, -0.2) is 31.6 Å². The molecule has 0 radical (unpaired) electrons. The zero-order chi connectivity index (χ0) is 13.6. The first-order valence-electron chi connectivity index (χ1n) is 6.64. The molecule has 2 saturated heterocycles. The molecule has 3 unspecified atom stereocenters. The SMILES string of the molecule is CC1C2CNCC2CN1c1ccc(F)cc1C(N)=O. The first-order chi connectivity index (χ1) is 9.08. The van der Waals surface area contributed by atoms with Crippen LogP contribution in [0.3, 0.4) is 0 Å². The van der Waals surface area contributed by atoms with Crippen LogP contribution in [-0.2, 0) is 0 Å². The van der Waals surface area contributed by atoms with Crippen LogP contribution >= 0.6 is 0 Å². The largest absolute Gasteiger partial charge is 0.367 e. The van der Waals surface area contributed by atoms with Crippen LogP contribution in [0.5, 0.6) is 0 Å². The van der Waals surface area contributed by atoms with Crippen LogP contribution in [0.25, 0.3) is 0 Å². The number of anilines is 1. The molecule has 2 heterocycles. The molecule has 2 aliphatic heterocycles. The molecule has 19 heavy (non-hydrogen) atoms. The summed E-state index contributed by atoms with van der Waals surface area (Å²) >= 11 is 0. The van der Waals surface area contributed by atoms with Crippen molar-refractivity contribution in [3.63, 3.8) is 0 Å². The van der Waals surface area contributed by atoms with Crippen molar-refractivity contribution >= 4 is 11.6 Å². The summed E-state index contributed by atoms with van der Waals surface area (Å²) in [5.74, 6) is 0.190. The Labute approximate surface area is 111 Å². The maximum absolute atomic E-state index is 13.3. The van der Waals surface area contributed by atoms with Gasteiger partial charge in [-0.2, -0.15) is 0 Å². The number of amides is 1. The number of nitrogens with one attached hydrogen (secondary N) is 1. The van der Waals surface area contributed by atoms with E-state index in [2.05, 4.69) is 17.1 Å². The molecule has 1 aromatic carbocycles. The van der Waals surface area contributed by atoms with Gasteiger partial charge in [0.05, 0.1) is 5.56 Å². The molecule has 0 spiro atoms. The number of benzene rings is 1. The number of carbonyl (C=O) groups is 1. The summed E-state index contributed by atoms with van der Waals surface area (Å²) in [7, 11) is 0. The Bertz CT molecular complexity index is 519. The normalized spacial score (nSPS) is 29.6. The summed E-state index contributed by atoms with van der Waals surface area (Å²) in [4.78, 5) is 13.7. The van der Waals surface area contributed by atoms with E-state index in [9.17, 15) is 9.18 Å². The van der Waals surface area contributed by atoms with Crippen molar-refractivity contribution in [1.82, 2.24) is 5.32 Å². The van der Waals surface area contributed by atoms with Crippen LogP contribution in [0.1, 0.15) is 17.3 Å². The van der Waals surface area contributed by atoms with Crippen molar-refractivity contribution in [2.45, 2.75) is 13.0 Å². The Balaban J connectivity index is 1.97. The molecule has 4 nitrogen and oxygen atoms in total. The highest BCUT2D eigenvalue weighted by Gasteiger charge is 2.42. The van der Waals surface area contributed by atoms with Gasteiger partial charge in [-0.15, -0.1) is 0 Å². The van der Waals surface area contributed by atoms with Gasteiger partial charge in [0.1, 0.15) is 5.82 Å². The molecule has 0 aromatic heterocycles. The number of fused-ring (bicyclic) bond motifs is 1. The molecule has 0 saturated carbocycles. The Kier molecular flexibility index (Phi) is 2.93. The number of hydrogen-bond donors (Lipinski definition) is 2. The number of rotatable bonds is 2. The number of nitrogens with two attached hydrogens (primary N) is 1. The van der Waals surface area contributed by atoms with Crippen LogP contribution < -0.4 is 16.0 Å². The van der Waals surface area contributed by atoms with Crippen LogP contribution in [0.4, 0.5) is 10.1 Å². The van der Waals surface area contributed by atoms with E-state index in [4.69, 9.17) is 5.73 Å². The van der Waals surface area contributed by atoms with Gasteiger partial charge in [-0.05, 0) is 37.0 Å². The Morgan fingerprint density at radius 1 is 1.47 bits per heavy atom. The van der Waals surface area contributed by atoms with E-state index < -0.39 is 11.7 Å². The predicted molar refractivity (Wildman–Crippen MR) is 71.6 cm³/mol. The maximum atomic E-state index is 13.3. The van der Waals surface area contributed by atoms with Crippen LogP contribution in [0.2, 0.25) is 0 Å². The minimum absolute atomic E-state index is 0.278. The standard InChI is InChI=1S/C14H18FN3O/c1-8-12-6-17-5-9(12)7-18(8)13-3-2-10(15)4-11(13)14(16)19/h2-4,8-9,12,17H,5-7H2,1H3,(H2,16,19). The topological polar surface area (TPSA) is 58.4 Å². The summed E-state index contributed by atoms with van der Waals surface area (Å²) < 4.78 is 13.3. The highest BCUT2D eigenvalue weighted by molar-refractivity contribution is 5.98. The lowest BCUT2D eigenvalue weighted by Gasteiger charge is -2.28. The minimum Gasteiger partial charge on any atom is -0.367 e. The maximum Gasteiger partial charge on any atom is 0.250 e. The third kappa shape index (κ3) is 1.98. The number of carbonyl (C=O) groups excluding carboxylic acids is 1. The number of halogens is 1. The third-order valence-electron chi connectivity index (χ3n) is 4.47. The molecule has 102 valence electrons. The zero-order valence-electron chi connectivity index (χ0n) is 10.9. The number of hydrogen-bond acceptors (Lipinski definition) is 3. The van der Waals surface area contributed by atoms with Gasteiger partial charge in [0.25, 0.3) is 5.91 Å². The Morgan fingerprint density at radius 2 is 2.26 bits per heavy atom. The second-order valence-corrected chi connectivity index (χ2v) is 5.50. The fourth-order valence-electron chi connectivity index (χ4n) is 3.44. The first-order valence-corrected chi connectivity index (χ1v) is 6.64. The van der Waals surface area contributed by atoms with Crippen molar-refractivity contribution in [1.29, 1.82) is 0 Å². The van der Waals surface area contributed by atoms with E-state index >= 15 is 0 Å². The second-order valence-electron chi connectivity index (χ2n) is 5.50. The van der Waals surface area contributed by atoms with Crippen molar-refractivity contribution < 1.29 is 9.18 Å². The van der Waals surface area contributed by atoms with E-state index in [1.807, 2.05) is 0 Å². The third-order valence-corrected chi connectivity index (χ3v) is 4.47. The lowest BCUT2D eigenvalue weighted by molar-refractivity contribution is 0.100. The van der Waals surface area contributed by atoms with E-state index in [-0.39, 0.29) is 5.56 Å². The summed E-state index contributed by atoms with van der Waals surface area (Å²) in [6.07, 6.45) is 0. The fourth-order valence-corrected chi connectivity index (χ4v) is 3.44. The zero-order valence-corrected chi connectivity index (χ0v) is 10.9. The lowest BCUT2D eigenvalue weighted by atomic mass is 9.95. The van der Waals surface area contributed by atoms with E-state index in [1.54, 1.807) is 6.07 Å². The molecular formula is C14H18FN3O. The fraction of sp³-hybridized carbons (Fsp3) is 0.500. The Morgan fingerprint density at radius 3 is 2.95 bits per heavy atom. The first kappa shape index (κ1) is 12.4. The average molecular weight is 263 g/mol. The van der Waals surface area contributed by atoms with E-state index in [0.29, 0.717) is 17.9 Å². The second kappa shape index (κ2) is 4.49. The van der Waals surface area contributed by atoms with Crippen molar-refractivity contribution in [2.75, 3.05) is 24.5 Å². The number of nitrogens with zero attached hydrogens (tertiary/aromatic N) is 1. The van der Waals surface area contributed by atoms with Gasteiger partial charge in [0.2, 0.25) is 0 Å². The van der Waals surface area contributed by atoms with Gasteiger partial charge in [0, 0.05) is 31.4 Å². The van der Waals surface area contributed by atoms with Gasteiger partial charge >= 0.3 is 0 Å². The molecule has 0 bridgehead atoms. The Hall–Kier alpha value is -1.62. The van der Waals surface area contributed by atoms with Gasteiger partial charge in [0.15, 0.2) is 0 Å². The highest BCUT2D eigenvalue weighted by Crippen LogP contribution is 2.37. The molecule has 3 rings (SSSR count). The summed E-state index contributed by atoms with van der Waals surface area (Å²) in [6.45, 7) is 5.07. The van der Waals surface area contributed by atoms with Gasteiger partial charge in [-0.3, -0.25) is 4.79 Å². The molecule has 2 aliphatic rings. The van der Waals surface area contributed by atoms with Gasteiger partial charge in [-0.1, -0.05) is 0 Å². The monoisotopic (exact) mass is 263 g/mol. The molecule has 3 atom stereocenters. The van der Waals surface area contributed by atoms with E-state index in [1.165, 1.54) is 12.1 Å². The van der Waals surface area contributed by atoms with Gasteiger partial charge in [-0.25, -0.2) is 4.39 Å². The summed E-state index contributed by atoms with van der Waals surface area (Å²) in [6, 6.07) is 4.63. The summed E-state index contributed by atoms with van der Waals surface area (Å²) in [5.41, 5.74) is 6.41. The molecule has 3 N–H and O–H groups in total. The lowest BCUT2D eigenvalue weighted by Crippen LogP contribution is -2.34. The van der Waals surface area contributed by atoms with E-state index in [0.717, 1.165) is 25.3 Å². The highest BCUT2D eigenvalue weighted by atomic mass is 19.1. The molecule has 1 aromatic rings. The summed E-state index contributed by atoms with van der Waals surface area (Å²) in [5, 5.41) is 3.39.